The molecule has 26 heavy (non-hydrogen) atoms. The van der Waals surface area contributed by atoms with Crippen LogP contribution in [0.3, 0.4) is 0 Å². The third-order valence-electron chi connectivity index (χ3n) is 4.67. The third-order valence-corrected chi connectivity index (χ3v) is 6.12. The Hall–Kier alpha value is -1.59. The van der Waals surface area contributed by atoms with Gasteiger partial charge in [-0.25, -0.2) is 0 Å². The fourth-order valence-electron chi connectivity index (χ4n) is 3.24. The Bertz CT molecular complexity index is 969. The molecule has 2 aromatic rings. The predicted octanol–water partition coefficient (Wildman–Crippen LogP) is 6.32. The second-order valence-corrected chi connectivity index (χ2v) is 9.42. The third kappa shape index (κ3) is 3.23. The van der Waals surface area contributed by atoms with E-state index < -0.39 is 0 Å². The van der Waals surface area contributed by atoms with Crippen molar-refractivity contribution in [3.8, 4) is 5.75 Å². The molecule has 1 amide bonds. The molecule has 2 N–H and O–H groups in total. The summed E-state index contributed by atoms with van der Waals surface area (Å²) >= 11 is 7.09. The topological polar surface area (TPSA) is 49.3 Å². The molecule has 0 fully saturated rings. The first-order chi connectivity index (χ1) is 12.0. The number of carbonyl (C=O) groups is 1. The van der Waals surface area contributed by atoms with Crippen LogP contribution in [0, 0.1) is 13.8 Å². The summed E-state index contributed by atoms with van der Waals surface area (Å²) in [6, 6.07) is 5.81. The van der Waals surface area contributed by atoms with Gasteiger partial charge in [0, 0.05) is 25.6 Å². The molecular weight excluding hydrogens is 458 g/mol. The van der Waals surface area contributed by atoms with Crippen molar-refractivity contribution in [2.75, 3.05) is 5.32 Å². The summed E-state index contributed by atoms with van der Waals surface area (Å²) in [5, 5.41) is 13.4. The molecule has 0 aliphatic carbocycles. The van der Waals surface area contributed by atoms with Crippen molar-refractivity contribution in [2.24, 2.45) is 0 Å². The van der Waals surface area contributed by atoms with Gasteiger partial charge < -0.3 is 10.4 Å². The lowest BCUT2D eigenvalue weighted by Gasteiger charge is -2.22. The number of carbonyl (C=O) groups excluding carboxylic acids is 1. The van der Waals surface area contributed by atoms with Crippen LogP contribution in [0.4, 0.5) is 5.69 Å². The van der Waals surface area contributed by atoms with Crippen molar-refractivity contribution in [3.05, 3.63) is 55.0 Å². The second kappa shape index (κ2) is 6.54. The zero-order valence-corrected chi connectivity index (χ0v) is 18.6. The number of benzene rings is 2. The summed E-state index contributed by atoms with van der Waals surface area (Å²) in [6.07, 6.45) is 1.90. The fourth-order valence-corrected chi connectivity index (χ4v) is 4.50. The molecule has 0 unspecified atom stereocenters. The van der Waals surface area contributed by atoms with Crippen molar-refractivity contribution in [1.82, 2.24) is 0 Å². The normalized spacial score (nSPS) is 15.3. The number of aryl methyl sites for hydroxylation is 1. The van der Waals surface area contributed by atoms with E-state index in [4.69, 9.17) is 0 Å². The van der Waals surface area contributed by atoms with E-state index in [0.717, 1.165) is 42.5 Å². The number of phenols is 1. The molecule has 136 valence electrons. The van der Waals surface area contributed by atoms with E-state index in [1.807, 2.05) is 38.1 Å². The summed E-state index contributed by atoms with van der Waals surface area (Å²) in [5.74, 6) is 0.197. The molecule has 5 heteroatoms. The summed E-state index contributed by atoms with van der Waals surface area (Å²) in [5.41, 5.74) is 5.72. The van der Waals surface area contributed by atoms with E-state index in [0.29, 0.717) is 11.3 Å². The van der Waals surface area contributed by atoms with Crippen molar-refractivity contribution in [3.63, 3.8) is 0 Å². The van der Waals surface area contributed by atoms with Gasteiger partial charge in [-0.15, -0.1) is 0 Å². The van der Waals surface area contributed by atoms with E-state index in [9.17, 15) is 9.90 Å². The molecular formula is C21H21Br2NO2. The van der Waals surface area contributed by atoms with Gasteiger partial charge in [0.1, 0.15) is 5.75 Å². The first-order valence-electron chi connectivity index (χ1n) is 8.37. The Labute approximate surface area is 170 Å². The lowest BCUT2D eigenvalue weighted by atomic mass is 9.84. The molecule has 0 radical (unpaired) electrons. The van der Waals surface area contributed by atoms with Crippen molar-refractivity contribution >= 4 is 55.1 Å². The lowest BCUT2D eigenvalue weighted by molar-refractivity contribution is -0.110. The number of anilines is 1. The maximum atomic E-state index is 12.6. The molecule has 0 spiro atoms. The molecule has 0 saturated carbocycles. The van der Waals surface area contributed by atoms with Crippen LogP contribution < -0.4 is 5.32 Å². The van der Waals surface area contributed by atoms with Crippen molar-refractivity contribution in [1.29, 1.82) is 0 Å². The molecule has 0 saturated heterocycles. The van der Waals surface area contributed by atoms with Gasteiger partial charge >= 0.3 is 0 Å². The number of phenolic OH excluding ortho intramolecular Hbond substituents is 1. The van der Waals surface area contributed by atoms with Crippen LogP contribution in [0.1, 0.15) is 48.6 Å². The Morgan fingerprint density at radius 1 is 1.08 bits per heavy atom. The average Bonchev–Trinajstić information content (AvgIpc) is 2.85. The van der Waals surface area contributed by atoms with Crippen LogP contribution in [-0.2, 0) is 10.2 Å². The average molecular weight is 479 g/mol. The quantitative estimate of drug-likeness (QED) is 0.471. The Morgan fingerprint density at radius 3 is 2.35 bits per heavy atom. The molecule has 1 aliphatic heterocycles. The molecule has 3 nitrogen and oxygen atoms in total. The monoisotopic (exact) mass is 477 g/mol. The van der Waals surface area contributed by atoms with Crippen molar-refractivity contribution in [2.45, 2.75) is 40.0 Å². The molecule has 1 aliphatic rings. The largest absolute Gasteiger partial charge is 0.507 e. The molecule has 0 atom stereocenters. The Balaban J connectivity index is 2.23. The second-order valence-electron chi connectivity index (χ2n) is 7.71. The number of fused-ring (bicyclic) bond motifs is 1. The van der Waals surface area contributed by atoms with Crippen molar-refractivity contribution < 1.29 is 9.90 Å². The molecule has 3 rings (SSSR count). The smallest absolute Gasteiger partial charge is 0.256 e. The summed E-state index contributed by atoms with van der Waals surface area (Å²) < 4.78 is 1.79. The van der Waals surface area contributed by atoms with E-state index in [-0.39, 0.29) is 11.3 Å². The van der Waals surface area contributed by atoms with E-state index in [1.165, 1.54) is 0 Å². The highest BCUT2D eigenvalue weighted by Gasteiger charge is 2.29. The fraction of sp³-hybridized carbons (Fsp3) is 0.286. The van der Waals surface area contributed by atoms with Crippen LogP contribution in [-0.4, -0.2) is 11.0 Å². The zero-order valence-electron chi connectivity index (χ0n) is 15.4. The lowest BCUT2D eigenvalue weighted by Crippen LogP contribution is -2.12. The van der Waals surface area contributed by atoms with Gasteiger partial charge in [-0.1, -0.05) is 36.7 Å². The van der Waals surface area contributed by atoms with E-state index in [2.05, 4.69) is 57.9 Å². The maximum absolute atomic E-state index is 12.6. The predicted molar refractivity (Wildman–Crippen MR) is 115 cm³/mol. The maximum Gasteiger partial charge on any atom is 0.256 e. The summed E-state index contributed by atoms with van der Waals surface area (Å²) in [7, 11) is 0. The van der Waals surface area contributed by atoms with Crippen LogP contribution in [0.15, 0.2) is 27.1 Å². The Kier molecular flexibility index (Phi) is 4.82. The highest BCUT2D eigenvalue weighted by atomic mass is 79.9. The van der Waals surface area contributed by atoms with Gasteiger partial charge in [0.05, 0.1) is 5.69 Å². The van der Waals surface area contributed by atoms with E-state index >= 15 is 0 Å². The minimum atomic E-state index is -0.193. The standard InChI is InChI=1S/C21H21Br2NO2/c1-10-6-12(8-14(19(10)25)21(3,4)5)7-13-17-11(2)15(22)9-16(23)18(17)24-20(13)26/h6-9,25H,1-5H3,(H,24,26). The van der Waals surface area contributed by atoms with E-state index in [1.54, 1.807) is 0 Å². The van der Waals surface area contributed by atoms with Gasteiger partial charge in [0.15, 0.2) is 0 Å². The highest BCUT2D eigenvalue weighted by molar-refractivity contribution is 9.11. The minimum absolute atomic E-state index is 0.120. The summed E-state index contributed by atoms with van der Waals surface area (Å²) in [4.78, 5) is 12.6. The minimum Gasteiger partial charge on any atom is -0.507 e. The molecule has 2 aromatic carbocycles. The van der Waals surface area contributed by atoms with Gasteiger partial charge in [0.25, 0.3) is 5.91 Å². The SMILES string of the molecule is Cc1cc(C=C2C(=O)Nc3c(Br)cc(Br)c(C)c32)cc(C(C)(C)C)c1O. The first-order valence-corrected chi connectivity index (χ1v) is 9.95. The van der Waals surface area contributed by atoms with Crippen LogP contribution >= 0.6 is 31.9 Å². The number of amides is 1. The number of aromatic hydroxyl groups is 1. The number of hydrogen-bond acceptors (Lipinski definition) is 2. The number of rotatable bonds is 1. The van der Waals surface area contributed by atoms with Crippen LogP contribution in [0.5, 0.6) is 5.75 Å². The number of nitrogens with one attached hydrogen (secondary N) is 1. The van der Waals surface area contributed by atoms with Gasteiger partial charge in [0.2, 0.25) is 0 Å². The molecule has 0 bridgehead atoms. The number of hydrogen-bond donors (Lipinski definition) is 2. The van der Waals surface area contributed by atoms with Crippen LogP contribution in [0.25, 0.3) is 11.6 Å². The molecule has 1 heterocycles. The van der Waals surface area contributed by atoms with Crippen LogP contribution in [0.2, 0.25) is 0 Å². The Morgan fingerprint density at radius 2 is 1.73 bits per heavy atom. The highest BCUT2D eigenvalue weighted by Crippen LogP contribution is 2.44. The zero-order chi connectivity index (χ0) is 19.4. The van der Waals surface area contributed by atoms with Gasteiger partial charge in [-0.3, -0.25) is 4.79 Å². The number of halogens is 2. The first kappa shape index (κ1) is 19.2. The van der Waals surface area contributed by atoms with Gasteiger partial charge in [-0.2, -0.15) is 0 Å². The molecule has 0 aromatic heterocycles. The summed E-state index contributed by atoms with van der Waals surface area (Å²) in [6.45, 7) is 10.1. The van der Waals surface area contributed by atoms with Gasteiger partial charge in [-0.05, 0) is 76.2 Å².